The maximum Gasteiger partial charge on any atom is 0.305 e. The van der Waals surface area contributed by atoms with Gasteiger partial charge in [-0.2, -0.15) is 0 Å². The summed E-state index contributed by atoms with van der Waals surface area (Å²) >= 11 is 0. The minimum absolute atomic E-state index is 0.0197. The fourth-order valence-corrected chi connectivity index (χ4v) is 12.5. The zero-order valence-electron chi connectivity index (χ0n) is 56.7. The molecule has 0 radical (unpaired) electrons. The molecule has 3 N–H and O–H groups in total. The van der Waals surface area contributed by atoms with E-state index in [-0.39, 0.29) is 18.5 Å². The number of carbonyl (C=O) groups is 2. The molecule has 0 aromatic rings. The summed E-state index contributed by atoms with van der Waals surface area (Å²) in [5, 5.41) is 23.5. The van der Waals surface area contributed by atoms with Crippen LogP contribution < -0.4 is 5.32 Å². The summed E-state index contributed by atoms with van der Waals surface area (Å²) in [6.07, 6.45) is 91.4. The average Bonchev–Trinajstić information content (AvgIpc) is 3.49. The molecule has 0 aromatic heterocycles. The number of amides is 1. The third kappa shape index (κ3) is 69.6. The van der Waals surface area contributed by atoms with Crippen LogP contribution in [-0.2, 0) is 14.3 Å². The minimum Gasteiger partial charge on any atom is -0.466 e. The van der Waals surface area contributed by atoms with Crippen LogP contribution >= 0.6 is 0 Å². The van der Waals surface area contributed by atoms with Crippen molar-refractivity contribution in [2.75, 3.05) is 13.2 Å². The van der Waals surface area contributed by atoms with E-state index in [0.29, 0.717) is 25.9 Å². The molecule has 0 saturated carbocycles. The first kappa shape index (κ1) is 81.6. The minimum atomic E-state index is -0.666. The van der Waals surface area contributed by atoms with Crippen molar-refractivity contribution >= 4 is 11.9 Å². The molecule has 0 aromatic carbocycles. The molecule has 0 aliphatic rings. The number of hydrogen-bond donors (Lipinski definition) is 3. The van der Waals surface area contributed by atoms with E-state index in [1.54, 1.807) is 0 Å². The van der Waals surface area contributed by atoms with Crippen LogP contribution in [0.2, 0.25) is 0 Å². The molecule has 1 amide bonds. The second-order valence-corrected chi connectivity index (χ2v) is 26.7. The first-order valence-corrected chi connectivity index (χ1v) is 38.4. The Morgan fingerprint density at radius 1 is 0.325 bits per heavy atom. The van der Waals surface area contributed by atoms with Gasteiger partial charge in [0.05, 0.1) is 25.4 Å². The number of unbranched alkanes of at least 4 members (excludes halogenated alkanes) is 60. The number of nitrogens with one attached hydrogen (secondary N) is 1. The van der Waals surface area contributed by atoms with Gasteiger partial charge in [0, 0.05) is 12.8 Å². The van der Waals surface area contributed by atoms with E-state index < -0.39 is 12.1 Å². The van der Waals surface area contributed by atoms with Crippen molar-refractivity contribution in [2.24, 2.45) is 0 Å². The van der Waals surface area contributed by atoms with E-state index in [2.05, 4.69) is 31.3 Å². The van der Waals surface area contributed by atoms with Crippen LogP contribution in [-0.4, -0.2) is 47.4 Å². The van der Waals surface area contributed by atoms with Crippen LogP contribution in [0.5, 0.6) is 0 Å². The fraction of sp³-hybridized carbons (Fsp3) is 0.948. The van der Waals surface area contributed by atoms with Crippen LogP contribution in [0.4, 0.5) is 0 Å². The van der Waals surface area contributed by atoms with Gasteiger partial charge in [-0.1, -0.05) is 392 Å². The quantitative estimate of drug-likeness (QED) is 0.0320. The highest BCUT2D eigenvalue weighted by molar-refractivity contribution is 5.76. The van der Waals surface area contributed by atoms with E-state index in [1.165, 1.54) is 372 Å². The van der Waals surface area contributed by atoms with Crippen molar-refractivity contribution in [3.8, 4) is 0 Å². The van der Waals surface area contributed by atoms with Crippen LogP contribution in [0.25, 0.3) is 0 Å². The lowest BCUT2D eigenvalue weighted by Gasteiger charge is -2.22. The van der Waals surface area contributed by atoms with Gasteiger partial charge < -0.3 is 20.3 Å². The van der Waals surface area contributed by atoms with Gasteiger partial charge in [0.25, 0.3) is 0 Å². The summed E-state index contributed by atoms with van der Waals surface area (Å²) in [6.45, 7) is 5.01. The zero-order valence-corrected chi connectivity index (χ0v) is 56.7. The number of aliphatic hydroxyl groups is 2. The van der Waals surface area contributed by atoms with E-state index >= 15 is 0 Å². The molecule has 0 spiro atoms. The summed E-state index contributed by atoms with van der Waals surface area (Å²) in [7, 11) is 0. The Labute approximate surface area is 520 Å². The second-order valence-electron chi connectivity index (χ2n) is 26.7. The first-order valence-electron chi connectivity index (χ1n) is 38.4. The Kier molecular flexibility index (Phi) is 71.8. The van der Waals surface area contributed by atoms with Crippen molar-refractivity contribution in [3.05, 3.63) is 12.2 Å². The summed E-state index contributed by atoms with van der Waals surface area (Å²) in [5.74, 6) is -0.0114. The number of carbonyl (C=O) groups excluding carboxylic acids is 2. The molecule has 6 heteroatoms. The number of hydrogen-bond acceptors (Lipinski definition) is 5. The molecule has 0 bridgehead atoms. The maximum atomic E-state index is 12.6. The smallest absolute Gasteiger partial charge is 0.305 e. The van der Waals surface area contributed by atoms with Crippen molar-refractivity contribution in [3.63, 3.8) is 0 Å². The topological polar surface area (TPSA) is 95.9 Å². The van der Waals surface area contributed by atoms with Gasteiger partial charge in [0.2, 0.25) is 5.91 Å². The molecule has 6 nitrogen and oxygen atoms in total. The molecular weight excluding hydrogens is 1020 g/mol. The number of allylic oxidation sites excluding steroid dienone is 2. The fourth-order valence-electron chi connectivity index (χ4n) is 12.5. The van der Waals surface area contributed by atoms with Gasteiger partial charge in [-0.05, 0) is 51.4 Å². The van der Waals surface area contributed by atoms with Gasteiger partial charge in [-0.15, -0.1) is 0 Å². The van der Waals surface area contributed by atoms with E-state index in [1.807, 2.05) is 0 Å². The summed E-state index contributed by atoms with van der Waals surface area (Å²) in [6, 6.07) is -0.544. The SMILES string of the molecule is CCCCCCCCCCCCCCCCCCCCCCCCCC(O)C(CO)NC(=O)CCCCCCCCCCCC/C=C\CCCCCCCCCCCCCCOC(=O)CCCCCCCCCCCCCCCCCCC. The standard InChI is InChI=1S/C77H151NO5/c1-3-5-7-9-11-13-15-17-19-21-22-23-28-31-34-38-41-45-49-53-57-61-65-69-75(80)74(73-79)78-76(81)70-66-62-58-54-50-46-42-39-35-32-29-26-24-25-27-30-33-36-40-44-48-52-56-60-64-68-72-83-77(82)71-67-63-59-55-51-47-43-37-20-18-16-14-12-10-8-6-4-2/h24,26,74-75,79-80H,3-23,25,27-73H2,1-2H3,(H,78,81)/b26-24-. The summed E-state index contributed by atoms with van der Waals surface area (Å²) in [4.78, 5) is 24.7. The van der Waals surface area contributed by atoms with Crippen molar-refractivity contribution < 1.29 is 24.5 Å². The molecule has 2 unspecified atom stereocenters. The maximum absolute atomic E-state index is 12.6. The normalized spacial score (nSPS) is 12.5. The molecule has 83 heavy (non-hydrogen) atoms. The lowest BCUT2D eigenvalue weighted by Crippen LogP contribution is -2.45. The third-order valence-electron chi connectivity index (χ3n) is 18.3. The molecule has 0 aliphatic carbocycles. The third-order valence-corrected chi connectivity index (χ3v) is 18.3. The Bertz CT molecular complexity index is 1260. The monoisotopic (exact) mass is 1170 g/mol. The Balaban J connectivity index is 3.37. The number of ether oxygens (including phenoxy) is 1. The molecule has 0 heterocycles. The summed E-state index contributed by atoms with van der Waals surface area (Å²) in [5.41, 5.74) is 0. The molecular formula is C77H151NO5. The highest BCUT2D eigenvalue weighted by Gasteiger charge is 2.20. The lowest BCUT2D eigenvalue weighted by molar-refractivity contribution is -0.143. The Morgan fingerprint density at radius 3 is 0.855 bits per heavy atom. The van der Waals surface area contributed by atoms with Crippen LogP contribution in [0.1, 0.15) is 444 Å². The van der Waals surface area contributed by atoms with Crippen molar-refractivity contribution in [1.82, 2.24) is 5.32 Å². The predicted octanol–water partition coefficient (Wildman–Crippen LogP) is 25.1. The van der Waals surface area contributed by atoms with Crippen molar-refractivity contribution in [1.29, 1.82) is 0 Å². The van der Waals surface area contributed by atoms with E-state index in [4.69, 9.17) is 4.74 Å². The molecule has 0 aliphatic heterocycles. The number of rotatable bonds is 73. The van der Waals surface area contributed by atoms with Crippen LogP contribution in [0.3, 0.4) is 0 Å². The molecule has 0 fully saturated rings. The van der Waals surface area contributed by atoms with Gasteiger partial charge in [0.1, 0.15) is 0 Å². The molecule has 0 rings (SSSR count). The van der Waals surface area contributed by atoms with Crippen molar-refractivity contribution in [2.45, 2.75) is 456 Å². The van der Waals surface area contributed by atoms with Gasteiger partial charge >= 0.3 is 5.97 Å². The molecule has 0 saturated heterocycles. The lowest BCUT2D eigenvalue weighted by atomic mass is 10.0. The van der Waals surface area contributed by atoms with E-state index in [0.717, 1.165) is 38.5 Å². The second kappa shape index (κ2) is 73.1. The highest BCUT2D eigenvalue weighted by atomic mass is 16.5. The number of esters is 1. The Hall–Kier alpha value is -1.40. The van der Waals surface area contributed by atoms with Gasteiger partial charge in [-0.25, -0.2) is 0 Å². The number of aliphatic hydroxyl groups excluding tert-OH is 2. The van der Waals surface area contributed by atoms with Crippen LogP contribution in [0.15, 0.2) is 12.2 Å². The van der Waals surface area contributed by atoms with Gasteiger partial charge in [0.15, 0.2) is 0 Å². The average molecular weight is 1170 g/mol. The first-order chi connectivity index (χ1) is 41.0. The molecule has 494 valence electrons. The van der Waals surface area contributed by atoms with Gasteiger partial charge in [-0.3, -0.25) is 9.59 Å². The highest BCUT2D eigenvalue weighted by Crippen LogP contribution is 2.20. The predicted molar refractivity (Wildman–Crippen MR) is 366 cm³/mol. The van der Waals surface area contributed by atoms with Crippen LogP contribution in [0, 0.1) is 0 Å². The Morgan fingerprint density at radius 2 is 0.566 bits per heavy atom. The largest absolute Gasteiger partial charge is 0.466 e. The van der Waals surface area contributed by atoms with E-state index in [9.17, 15) is 19.8 Å². The summed E-state index contributed by atoms with van der Waals surface area (Å²) < 4.78 is 5.51. The molecule has 2 atom stereocenters. The zero-order chi connectivity index (χ0) is 59.9.